The number of rotatable bonds is 7. The van der Waals surface area contributed by atoms with Crippen molar-refractivity contribution >= 4 is 11.7 Å². The van der Waals surface area contributed by atoms with Crippen molar-refractivity contribution in [1.82, 2.24) is 15.5 Å². The summed E-state index contributed by atoms with van der Waals surface area (Å²) in [6.07, 6.45) is 5.78. The molecule has 0 saturated heterocycles. The van der Waals surface area contributed by atoms with E-state index in [-0.39, 0.29) is 17.6 Å². The number of carbonyl (C=O) groups excluding carboxylic acids is 1. The summed E-state index contributed by atoms with van der Waals surface area (Å²) in [5, 5.41) is 18.5. The molecule has 1 aliphatic rings. The Balaban J connectivity index is 1.58. The molecule has 1 amide bonds. The molecule has 6 heteroatoms. The Labute approximate surface area is 112 Å². The molecule has 1 saturated carbocycles. The molecule has 0 spiro atoms. The molecular weight excluding hydrogens is 242 g/mol. The van der Waals surface area contributed by atoms with Gasteiger partial charge in [0.05, 0.1) is 5.69 Å². The van der Waals surface area contributed by atoms with Gasteiger partial charge in [-0.3, -0.25) is 9.89 Å². The third-order valence-electron chi connectivity index (χ3n) is 3.33. The number of aryl methyl sites for hydroxylation is 1. The van der Waals surface area contributed by atoms with Crippen LogP contribution in [0.15, 0.2) is 0 Å². The molecule has 0 radical (unpaired) electrons. The average molecular weight is 261 g/mol. The molecule has 4 N–H and O–H groups in total. The molecule has 19 heavy (non-hydrogen) atoms. The Morgan fingerprint density at radius 2 is 2.26 bits per heavy atom. The second-order valence-corrected chi connectivity index (χ2v) is 4.95. The number of aromatic nitrogens is 2. The largest absolute Gasteiger partial charge is 0.381 e. The van der Waals surface area contributed by atoms with E-state index in [2.05, 4.69) is 21.6 Å². The van der Waals surface area contributed by atoms with Crippen LogP contribution < -0.4 is 11.1 Å². The lowest BCUT2D eigenvalue weighted by molar-refractivity contribution is -0.122. The zero-order chi connectivity index (χ0) is 13.7. The van der Waals surface area contributed by atoms with Crippen molar-refractivity contribution in [2.24, 2.45) is 5.92 Å². The minimum Gasteiger partial charge on any atom is -0.381 e. The highest BCUT2D eigenvalue weighted by atomic mass is 16.2. The van der Waals surface area contributed by atoms with Gasteiger partial charge in [-0.15, -0.1) is 0 Å². The van der Waals surface area contributed by atoms with Crippen LogP contribution in [0.3, 0.4) is 0 Å². The van der Waals surface area contributed by atoms with E-state index >= 15 is 0 Å². The van der Waals surface area contributed by atoms with E-state index in [1.165, 1.54) is 0 Å². The fourth-order valence-electron chi connectivity index (χ4n) is 2.00. The first-order valence-electron chi connectivity index (χ1n) is 6.73. The zero-order valence-corrected chi connectivity index (χ0v) is 10.9. The van der Waals surface area contributed by atoms with Gasteiger partial charge in [0.2, 0.25) is 5.91 Å². The van der Waals surface area contributed by atoms with Crippen LogP contribution in [-0.2, 0) is 11.2 Å². The average Bonchev–Trinajstić information content (AvgIpc) is 3.18. The number of nitrogens with zero attached hydrogens (tertiary/aromatic N) is 2. The summed E-state index contributed by atoms with van der Waals surface area (Å²) in [6.45, 7) is 0.742. The first kappa shape index (κ1) is 13.4. The number of hydrogen-bond acceptors (Lipinski definition) is 4. The predicted octanol–water partition coefficient (Wildman–Crippen LogP) is 1.10. The van der Waals surface area contributed by atoms with Crippen LogP contribution in [0.5, 0.6) is 0 Å². The van der Waals surface area contributed by atoms with Crippen molar-refractivity contribution in [3.05, 3.63) is 11.3 Å². The van der Waals surface area contributed by atoms with Crippen LogP contribution in [0, 0.1) is 17.2 Å². The van der Waals surface area contributed by atoms with Gasteiger partial charge in [-0.1, -0.05) is 6.42 Å². The molecular formula is C13H19N5O. The molecule has 2 rings (SSSR count). The summed E-state index contributed by atoms with van der Waals surface area (Å²) in [7, 11) is 0. The number of amides is 1. The Kier molecular flexibility index (Phi) is 4.39. The van der Waals surface area contributed by atoms with Crippen molar-refractivity contribution in [3.63, 3.8) is 0 Å². The highest BCUT2D eigenvalue weighted by Gasteiger charge is 2.28. The second kappa shape index (κ2) is 6.23. The second-order valence-electron chi connectivity index (χ2n) is 4.95. The lowest BCUT2D eigenvalue weighted by atomic mass is 10.1. The van der Waals surface area contributed by atoms with E-state index in [9.17, 15) is 4.79 Å². The minimum absolute atomic E-state index is 0.202. The van der Waals surface area contributed by atoms with Crippen LogP contribution in [-0.4, -0.2) is 22.6 Å². The molecule has 1 aromatic heterocycles. The topological polar surface area (TPSA) is 108 Å². The Hall–Kier alpha value is -2.03. The quantitative estimate of drug-likeness (QED) is 0.639. The van der Waals surface area contributed by atoms with E-state index in [4.69, 9.17) is 11.0 Å². The summed E-state index contributed by atoms with van der Waals surface area (Å²) < 4.78 is 0. The molecule has 0 unspecified atom stereocenters. The fourth-order valence-corrected chi connectivity index (χ4v) is 2.00. The number of H-pyrrole nitrogens is 1. The van der Waals surface area contributed by atoms with Gasteiger partial charge in [0.15, 0.2) is 5.82 Å². The standard InChI is InChI=1S/C13H19N5O/c14-8-10-11(17-18-12(10)15)4-2-1-3-7-16-13(19)9-5-6-9/h9H,1-7H2,(H,16,19)(H3,15,17,18). The van der Waals surface area contributed by atoms with E-state index < -0.39 is 0 Å². The van der Waals surface area contributed by atoms with Crippen LogP contribution in [0.25, 0.3) is 0 Å². The van der Waals surface area contributed by atoms with Gasteiger partial charge in [0, 0.05) is 12.5 Å². The normalized spacial score (nSPS) is 14.1. The van der Waals surface area contributed by atoms with Gasteiger partial charge < -0.3 is 11.1 Å². The molecule has 1 aromatic rings. The summed E-state index contributed by atoms with van der Waals surface area (Å²) >= 11 is 0. The van der Waals surface area contributed by atoms with Crippen molar-refractivity contribution in [1.29, 1.82) is 5.26 Å². The zero-order valence-electron chi connectivity index (χ0n) is 10.9. The number of nitrogen functional groups attached to an aromatic ring is 1. The summed E-state index contributed by atoms with van der Waals surface area (Å²) in [4.78, 5) is 11.4. The highest BCUT2D eigenvalue weighted by Crippen LogP contribution is 2.28. The van der Waals surface area contributed by atoms with Gasteiger partial charge in [-0.2, -0.15) is 10.4 Å². The number of unbranched alkanes of at least 4 members (excludes halogenated alkanes) is 2. The van der Waals surface area contributed by atoms with Crippen molar-refractivity contribution in [2.45, 2.75) is 38.5 Å². The number of carbonyl (C=O) groups is 1. The molecule has 1 aliphatic carbocycles. The number of nitrogens with one attached hydrogen (secondary N) is 2. The van der Waals surface area contributed by atoms with E-state index in [1.807, 2.05) is 0 Å². The summed E-state index contributed by atoms with van der Waals surface area (Å²) in [5.74, 6) is 0.758. The van der Waals surface area contributed by atoms with Gasteiger partial charge in [-0.05, 0) is 32.1 Å². The maximum absolute atomic E-state index is 11.4. The van der Waals surface area contributed by atoms with Crippen LogP contribution in [0.4, 0.5) is 5.82 Å². The lowest BCUT2D eigenvalue weighted by Gasteiger charge is -2.03. The van der Waals surface area contributed by atoms with Crippen molar-refractivity contribution in [2.75, 3.05) is 12.3 Å². The third-order valence-corrected chi connectivity index (χ3v) is 3.33. The number of nitrogens with two attached hydrogens (primary N) is 1. The smallest absolute Gasteiger partial charge is 0.223 e. The van der Waals surface area contributed by atoms with Crippen LogP contribution >= 0.6 is 0 Å². The first-order valence-corrected chi connectivity index (χ1v) is 6.73. The van der Waals surface area contributed by atoms with Crippen molar-refractivity contribution < 1.29 is 4.79 Å². The lowest BCUT2D eigenvalue weighted by Crippen LogP contribution is -2.25. The van der Waals surface area contributed by atoms with Gasteiger partial charge in [-0.25, -0.2) is 0 Å². The monoisotopic (exact) mass is 261 g/mol. The van der Waals surface area contributed by atoms with Crippen LogP contribution in [0.1, 0.15) is 43.4 Å². The number of hydrogen-bond donors (Lipinski definition) is 3. The minimum atomic E-state index is 0.202. The number of nitriles is 1. The van der Waals surface area contributed by atoms with Gasteiger partial charge in [0.25, 0.3) is 0 Å². The SMILES string of the molecule is N#Cc1c(N)n[nH]c1CCCCCNC(=O)C1CC1. The molecule has 1 heterocycles. The van der Waals surface area contributed by atoms with Crippen molar-refractivity contribution in [3.8, 4) is 6.07 Å². The van der Waals surface area contributed by atoms with E-state index in [0.717, 1.165) is 50.8 Å². The highest BCUT2D eigenvalue weighted by molar-refractivity contribution is 5.80. The fraction of sp³-hybridized carbons (Fsp3) is 0.615. The molecule has 1 fully saturated rings. The summed E-state index contributed by atoms with van der Waals surface area (Å²) in [5.41, 5.74) is 6.83. The Morgan fingerprint density at radius 3 is 2.95 bits per heavy atom. The number of anilines is 1. The first-order chi connectivity index (χ1) is 9.22. The maximum atomic E-state index is 11.4. The molecule has 0 bridgehead atoms. The molecule has 102 valence electrons. The molecule has 0 aliphatic heterocycles. The predicted molar refractivity (Wildman–Crippen MR) is 71.0 cm³/mol. The Bertz CT molecular complexity index is 484. The maximum Gasteiger partial charge on any atom is 0.223 e. The molecule has 0 aromatic carbocycles. The van der Waals surface area contributed by atoms with E-state index in [0.29, 0.717) is 5.56 Å². The number of aromatic amines is 1. The summed E-state index contributed by atoms with van der Waals surface area (Å²) in [6, 6.07) is 2.05. The Morgan fingerprint density at radius 1 is 1.47 bits per heavy atom. The van der Waals surface area contributed by atoms with E-state index in [1.54, 1.807) is 0 Å². The molecule has 0 atom stereocenters. The molecule has 6 nitrogen and oxygen atoms in total. The van der Waals surface area contributed by atoms with Gasteiger partial charge in [0.1, 0.15) is 11.6 Å². The third kappa shape index (κ3) is 3.71. The van der Waals surface area contributed by atoms with Crippen LogP contribution in [0.2, 0.25) is 0 Å². The van der Waals surface area contributed by atoms with Gasteiger partial charge >= 0.3 is 0 Å².